The van der Waals surface area contributed by atoms with Crippen molar-refractivity contribution < 1.29 is 4.52 Å². The lowest BCUT2D eigenvalue weighted by Crippen LogP contribution is -2.35. The Balaban J connectivity index is 1.38. The van der Waals surface area contributed by atoms with E-state index in [1.165, 1.54) is 17.1 Å². The van der Waals surface area contributed by atoms with E-state index in [1.54, 1.807) is 0 Å². The third-order valence-electron chi connectivity index (χ3n) is 5.24. The first-order valence-corrected chi connectivity index (χ1v) is 10.0. The molecule has 0 N–H and O–H groups in total. The summed E-state index contributed by atoms with van der Waals surface area (Å²) in [6, 6.07) is 12.8. The van der Waals surface area contributed by atoms with Gasteiger partial charge in [0.15, 0.2) is 5.76 Å². The van der Waals surface area contributed by atoms with Crippen molar-refractivity contribution in [3.63, 3.8) is 0 Å². The molecular formula is C20H24N4OS. The molecule has 3 heterocycles. The molecule has 1 atom stereocenters. The Kier molecular flexibility index (Phi) is 5.13. The Morgan fingerprint density at radius 1 is 1.23 bits per heavy atom. The van der Waals surface area contributed by atoms with Crippen LogP contribution < -0.4 is 0 Å². The lowest BCUT2D eigenvalue weighted by Gasteiger charge is -2.33. The first-order valence-electron chi connectivity index (χ1n) is 9.24. The van der Waals surface area contributed by atoms with Crippen LogP contribution in [0.1, 0.15) is 48.6 Å². The maximum Gasteiger partial charge on any atom is 0.180 e. The van der Waals surface area contributed by atoms with Gasteiger partial charge in [-0.1, -0.05) is 46.9 Å². The van der Waals surface area contributed by atoms with Crippen LogP contribution in [0.2, 0.25) is 0 Å². The summed E-state index contributed by atoms with van der Waals surface area (Å²) in [5.41, 5.74) is 3.40. The summed E-state index contributed by atoms with van der Waals surface area (Å²) < 4.78 is 9.61. The van der Waals surface area contributed by atoms with Crippen LogP contribution in [-0.4, -0.2) is 39.3 Å². The van der Waals surface area contributed by atoms with Crippen molar-refractivity contribution in [2.24, 2.45) is 0 Å². The average Bonchev–Trinajstić information content (AvgIpc) is 3.32. The van der Waals surface area contributed by atoms with Crippen LogP contribution in [0, 0.1) is 6.92 Å². The minimum atomic E-state index is 0.456. The van der Waals surface area contributed by atoms with Gasteiger partial charge >= 0.3 is 0 Å². The number of aromatic nitrogens is 3. The van der Waals surface area contributed by atoms with E-state index >= 15 is 0 Å². The summed E-state index contributed by atoms with van der Waals surface area (Å²) in [6.07, 6.45) is 2.24. The van der Waals surface area contributed by atoms with Gasteiger partial charge in [-0.15, -0.1) is 5.10 Å². The lowest BCUT2D eigenvalue weighted by molar-refractivity contribution is 0.202. The van der Waals surface area contributed by atoms with Crippen LogP contribution in [0.4, 0.5) is 0 Å². The molecule has 136 valence electrons. The summed E-state index contributed by atoms with van der Waals surface area (Å²) in [4.78, 5) is 3.62. The van der Waals surface area contributed by atoms with E-state index < -0.39 is 0 Å². The zero-order valence-electron chi connectivity index (χ0n) is 15.3. The Hall–Kier alpha value is -2.05. The monoisotopic (exact) mass is 368 g/mol. The highest BCUT2D eigenvalue weighted by molar-refractivity contribution is 7.09. The highest BCUT2D eigenvalue weighted by Crippen LogP contribution is 2.36. The molecule has 1 saturated heterocycles. The number of benzene rings is 1. The number of hydrogen-bond donors (Lipinski definition) is 0. The smallest absolute Gasteiger partial charge is 0.180 e. The van der Waals surface area contributed by atoms with Crippen molar-refractivity contribution in [2.75, 3.05) is 19.6 Å². The topological polar surface area (TPSA) is 55.1 Å². The van der Waals surface area contributed by atoms with Gasteiger partial charge in [0, 0.05) is 18.5 Å². The molecule has 1 aliphatic rings. The third-order valence-corrected chi connectivity index (χ3v) is 6.00. The van der Waals surface area contributed by atoms with Crippen LogP contribution in [0.3, 0.4) is 0 Å². The van der Waals surface area contributed by atoms with Gasteiger partial charge in [-0.25, -0.2) is 0 Å². The van der Waals surface area contributed by atoms with Crippen LogP contribution in [0.5, 0.6) is 0 Å². The molecule has 0 aliphatic carbocycles. The molecule has 0 saturated carbocycles. The summed E-state index contributed by atoms with van der Waals surface area (Å²) in [5.74, 6) is 1.81. The van der Waals surface area contributed by atoms with Crippen molar-refractivity contribution >= 4 is 11.5 Å². The summed E-state index contributed by atoms with van der Waals surface area (Å²) in [5, 5.41) is 8.42. The average molecular weight is 369 g/mol. The first kappa shape index (κ1) is 17.4. The molecule has 1 fully saturated rings. The van der Waals surface area contributed by atoms with Gasteiger partial charge in [0.2, 0.25) is 0 Å². The van der Waals surface area contributed by atoms with Crippen LogP contribution in [0.15, 0.2) is 40.9 Å². The fourth-order valence-corrected chi connectivity index (χ4v) is 4.47. The Bertz CT molecular complexity index is 836. The molecule has 1 aromatic carbocycles. The zero-order valence-corrected chi connectivity index (χ0v) is 16.1. The van der Waals surface area contributed by atoms with E-state index in [4.69, 9.17) is 4.52 Å². The van der Waals surface area contributed by atoms with Crippen molar-refractivity contribution in [3.05, 3.63) is 53.3 Å². The minimum absolute atomic E-state index is 0.456. The highest BCUT2D eigenvalue weighted by Gasteiger charge is 2.27. The zero-order chi connectivity index (χ0) is 17.9. The normalized spacial score (nSPS) is 17.5. The Labute approximate surface area is 158 Å². The summed E-state index contributed by atoms with van der Waals surface area (Å²) in [7, 11) is 0. The number of piperidine rings is 1. The largest absolute Gasteiger partial charge is 0.355 e. The number of aryl methyl sites for hydroxylation is 1. The fourth-order valence-electron chi connectivity index (χ4n) is 3.77. The lowest BCUT2D eigenvalue weighted by atomic mass is 9.91. The van der Waals surface area contributed by atoms with Gasteiger partial charge in [0.25, 0.3) is 0 Å². The van der Waals surface area contributed by atoms with Crippen molar-refractivity contribution in [1.29, 1.82) is 0 Å². The maximum atomic E-state index is 5.43. The third kappa shape index (κ3) is 3.71. The summed E-state index contributed by atoms with van der Waals surface area (Å²) in [6.45, 7) is 7.58. The SMILES string of the molecule is Cc1cc(-c2snnc2C2CCN(C[C@H](C)c3ccccc3)CC2)on1. The molecule has 0 bridgehead atoms. The Morgan fingerprint density at radius 3 is 2.69 bits per heavy atom. The molecule has 0 radical (unpaired) electrons. The fraction of sp³-hybridized carbons (Fsp3) is 0.450. The standard InChI is InChI=1S/C20H24N4OS/c1-14(16-6-4-3-5-7-16)13-24-10-8-17(9-11-24)19-20(26-23-21-19)18-12-15(2)22-25-18/h3-7,12,14,17H,8-11,13H2,1-2H3/t14-/m0/s1. The van der Waals surface area contributed by atoms with E-state index in [-0.39, 0.29) is 0 Å². The highest BCUT2D eigenvalue weighted by atomic mass is 32.1. The molecule has 1 aliphatic heterocycles. The maximum absolute atomic E-state index is 5.43. The van der Waals surface area contributed by atoms with E-state index in [1.807, 2.05) is 13.0 Å². The van der Waals surface area contributed by atoms with Crippen LogP contribution in [-0.2, 0) is 0 Å². The quantitative estimate of drug-likeness (QED) is 0.664. The van der Waals surface area contributed by atoms with Crippen LogP contribution >= 0.6 is 11.5 Å². The number of nitrogens with zero attached hydrogens (tertiary/aromatic N) is 4. The predicted octanol–water partition coefficient (Wildman–Crippen LogP) is 4.48. The number of likely N-dealkylation sites (tertiary alicyclic amines) is 1. The van der Waals surface area contributed by atoms with E-state index in [0.717, 1.165) is 54.5 Å². The van der Waals surface area contributed by atoms with Gasteiger partial charge in [0.1, 0.15) is 4.88 Å². The van der Waals surface area contributed by atoms with Gasteiger partial charge in [0.05, 0.1) is 11.4 Å². The van der Waals surface area contributed by atoms with E-state index in [0.29, 0.717) is 11.8 Å². The molecule has 0 amide bonds. The second kappa shape index (κ2) is 7.68. The molecule has 3 aromatic rings. The van der Waals surface area contributed by atoms with E-state index in [2.05, 4.69) is 56.9 Å². The van der Waals surface area contributed by atoms with Crippen molar-refractivity contribution in [1.82, 2.24) is 19.6 Å². The molecule has 6 heteroatoms. The van der Waals surface area contributed by atoms with Gasteiger partial charge < -0.3 is 9.42 Å². The summed E-state index contributed by atoms with van der Waals surface area (Å²) >= 11 is 1.41. The van der Waals surface area contributed by atoms with Gasteiger partial charge in [-0.2, -0.15) is 0 Å². The second-order valence-electron chi connectivity index (χ2n) is 7.21. The predicted molar refractivity (Wildman–Crippen MR) is 103 cm³/mol. The first-order chi connectivity index (χ1) is 12.7. The van der Waals surface area contributed by atoms with E-state index in [9.17, 15) is 0 Å². The van der Waals surface area contributed by atoms with Crippen molar-refractivity contribution in [3.8, 4) is 10.6 Å². The molecular weight excluding hydrogens is 344 g/mol. The molecule has 26 heavy (non-hydrogen) atoms. The Morgan fingerprint density at radius 2 is 2.00 bits per heavy atom. The second-order valence-corrected chi connectivity index (χ2v) is 7.96. The number of rotatable bonds is 5. The van der Waals surface area contributed by atoms with Crippen molar-refractivity contribution in [2.45, 2.75) is 38.5 Å². The molecule has 2 aromatic heterocycles. The molecule has 0 unspecified atom stereocenters. The number of hydrogen-bond acceptors (Lipinski definition) is 6. The van der Waals surface area contributed by atoms with Gasteiger partial charge in [-0.05, 0) is 55.9 Å². The van der Waals surface area contributed by atoms with Gasteiger partial charge in [-0.3, -0.25) is 0 Å². The molecule has 4 rings (SSSR count). The van der Waals surface area contributed by atoms with Crippen LogP contribution in [0.25, 0.3) is 10.6 Å². The molecule has 0 spiro atoms. The molecule has 5 nitrogen and oxygen atoms in total. The minimum Gasteiger partial charge on any atom is -0.355 e.